The molecule has 0 radical (unpaired) electrons. The Morgan fingerprint density at radius 1 is 1.25 bits per heavy atom. The van der Waals surface area contributed by atoms with Crippen molar-refractivity contribution in [2.45, 2.75) is 39.3 Å². The molecule has 0 aliphatic rings. The molecular formula is C16H27N3O. The van der Waals surface area contributed by atoms with Gasteiger partial charge in [-0.1, -0.05) is 25.1 Å². The van der Waals surface area contributed by atoms with Crippen molar-refractivity contribution in [3.05, 3.63) is 30.3 Å². The molecule has 0 spiro atoms. The Bertz CT molecular complexity index is 394. The number of carbonyl (C=O) groups excluding carboxylic acids is 1. The van der Waals surface area contributed by atoms with Crippen molar-refractivity contribution in [1.82, 2.24) is 10.2 Å². The van der Waals surface area contributed by atoms with Crippen molar-refractivity contribution < 1.29 is 4.79 Å². The Labute approximate surface area is 122 Å². The number of benzene rings is 1. The number of amides is 1. The van der Waals surface area contributed by atoms with Gasteiger partial charge in [-0.15, -0.1) is 0 Å². The van der Waals surface area contributed by atoms with E-state index in [1.54, 1.807) is 0 Å². The minimum Gasteiger partial charge on any atom is -0.325 e. The summed E-state index contributed by atoms with van der Waals surface area (Å²) in [6, 6.07) is 9.92. The van der Waals surface area contributed by atoms with Crippen molar-refractivity contribution in [3.63, 3.8) is 0 Å². The highest BCUT2D eigenvalue weighted by molar-refractivity contribution is 5.94. The molecule has 0 saturated heterocycles. The zero-order valence-corrected chi connectivity index (χ0v) is 13.0. The highest BCUT2D eigenvalue weighted by Crippen LogP contribution is 2.05. The minimum atomic E-state index is -0.194. The first kappa shape index (κ1) is 16.7. The first-order chi connectivity index (χ1) is 9.54. The molecule has 1 amide bonds. The van der Waals surface area contributed by atoms with E-state index in [9.17, 15) is 4.79 Å². The molecule has 1 rings (SSSR count). The normalized spacial score (nSPS) is 14.1. The van der Waals surface area contributed by atoms with Crippen molar-refractivity contribution in [3.8, 4) is 0 Å². The van der Waals surface area contributed by atoms with Crippen LogP contribution in [0.3, 0.4) is 0 Å². The summed E-state index contributed by atoms with van der Waals surface area (Å²) in [5.74, 6) is 0.00222. The molecule has 2 N–H and O–H groups in total. The van der Waals surface area contributed by atoms with Gasteiger partial charge in [-0.05, 0) is 39.4 Å². The van der Waals surface area contributed by atoms with E-state index in [4.69, 9.17) is 0 Å². The summed E-state index contributed by atoms with van der Waals surface area (Å²) >= 11 is 0. The number of anilines is 1. The van der Waals surface area contributed by atoms with Gasteiger partial charge in [0.05, 0.1) is 6.04 Å². The number of rotatable bonds is 8. The Hall–Kier alpha value is -1.39. The fourth-order valence-electron chi connectivity index (χ4n) is 1.85. The monoisotopic (exact) mass is 277 g/mol. The van der Waals surface area contributed by atoms with Gasteiger partial charge in [0.25, 0.3) is 0 Å². The Morgan fingerprint density at radius 2 is 1.90 bits per heavy atom. The van der Waals surface area contributed by atoms with E-state index >= 15 is 0 Å². The standard InChI is InChI=1S/C16H27N3O/c1-5-13(2)19(4)12-11-17-14(3)16(20)18-15-9-7-6-8-10-15/h6-10,13-14,17H,5,11-12H2,1-4H3,(H,18,20). The summed E-state index contributed by atoms with van der Waals surface area (Å²) in [6.07, 6.45) is 1.14. The first-order valence-electron chi connectivity index (χ1n) is 7.34. The van der Waals surface area contributed by atoms with Gasteiger partial charge >= 0.3 is 0 Å². The summed E-state index contributed by atoms with van der Waals surface area (Å²) in [7, 11) is 2.12. The van der Waals surface area contributed by atoms with E-state index in [1.807, 2.05) is 37.3 Å². The van der Waals surface area contributed by atoms with Crippen molar-refractivity contribution in [2.75, 3.05) is 25.5 Å². The van der Waals surface area contributed by atoms with E-state index in [1.165, 1.54) is 0 Å². The summed E-state index contributed by atoms with van der Waals surface area (Å²) in [6.45, 7) is 8.04. The zero-order valence-electron chi connectivity index (χ0n) is 13.0. The van der Waals surface area contributed by atoms with E-state index in [0.717, 1.165) is 25.2 Å². The highest BCUT2D eigenvalue weighted by atomic mass is 16.2. The number of carbonyl (C=O) groups is 1. The Morgan fingerprint density at radius 3 is 2.50 bits per heavy atom. The molecule has 112 valence electrons. The summed E-state index contributed by atoms with van der Waals surface area (Å²) in [4.78, 5) is 14.3. The quantitative estimate of drug-likeness (QED) is 0.766. The van der Waals surface area contributed by atoms with Crippen molar-refractivity contribution in [2.24, 2.45) is 0 Å². The van der Waals surface area contributed by atoms with Crippen LogP contribution in [0.5, 0.6) is 0 Å². The lowest BCUT2D eigenvalue weighted by molar-refractivity contribution is -0.117. The molecule has 2 unspecified atom stereocenters. The minimum absolute atomic E-state index is 0.00222. The number of likely N-dealkylation sites (N-methyl/N-ethyl adjacent to an activating group) is 1. The fraction of sp³-hybridized carbons (Fsp3) is 0.562. The lowest BCUT2D eigenvalue weighted by Gasteiger charge is -2.24. The summed E-state index contributed by atoms with van der Waals surface area (Å²) < 4.78 is 0. The number of nitrogens with one attached hydrogen (secondary N) is 2. The third-order valence-electron chi connectivity index (χ3n) is 3.69. The van der Waals surface area contributed by atoms with E-state index in [2.05, 4.69) is 36.4 Å². The van der Waals surface area contributed by atoms with Crippen LogP contribution in [0, 0.1) is 0 Å². The Balaban J connectivity index is 2.28. The molecule has 0 aromatic heterocycles. The molecule has 20 heavy (non-hydrogen) atoms. The van der Waals surface area contributed by atoms with Gasteiger partial charge in [0.1, 0.15) is 0 Å². The first-order valence-corrected chi connectivity index (χ1v) is 7.34. The predicted octanol–water partition coefficient (Wildman–Crippen LogP) is 2.33. The lowest BCUT2D eigenvalue weighted by atomic mass is 10.2. The van der Waals surface area contributed by atoms with Crippen LogP contribution < -0.4 is 10.6 Å². The maximum atomic E-state index is 12.0. The van der Waals surface area contributed by atoms with Crippen LogP contribution >= 0.6 is 0 Å². The second-order valence-corrected chi connectivity index (χ2v) is 5.27. The van der Waals surface area contributed by atoms with E-state index in [-0.39, 0.29) is 11.9 Å². The molecule has 0 fully saturated rings. The Kier molecular flexibility index (Phi) is 7.26. The van der Waals surface area contributed by atoms with E-state index in [0.29, 0.717) is 6.04 Å². The zero-order chi connectivity index (χ0) is 15.0. The van der Waals surface area contributed by atoms with Crippen molar-refractivity contribution in [1.29, 1.82) is 0 Å². The van der Waals surface area contributed by atoms with Gasteiger partial charge in [-0.2, -0.15) is 0 Å². The van der Waals surface area contributed by atoms with Gasteiger partial charge in [0.15, 0.2) is 0 Å². The van der Waals surface area contributed by atoms with Crippen LogP contribution in [0.15, 0.2) is 30.3 Å². The fourth-order valence-corrected chi connectivity index (χ4v) is 1.85. The lowest BCUT2D eigenvalue weighted by Crippen LogP contribution is -2.42. The molecule has 0 aliphatic heterocycles. The number of hydrogen-bond donors (Lipinski definition) is 2. The average Bonchev–Trinajstić information content (AvgIpc) is 2.47. The molecule has 0 aliphatic carbocycles. The highest BCUT2D eigenvalue weighted by Gasteiger charge is 2.13. The van der Waals surface area contributed by atoms with Crippen LogP contribution in [0.4, 0.5) is 5.69 Å². The summed E-state index contributed by atoms with van der Waals surface area (Å²) in [5.41, 5.74) is 0.836. The van der Waals surface area contributed by atoms with Crippen molar-refractivity contribution >= 4 is 11.6 Å². The smallest absolute Gasteiger partial charge is 0.241 e. The predicted molar refractivity (Wildman–Crippen MR) is 84.9 cm³/mol. The topological polar surface area (TPSA) is 44.4 Å². The molecule has 2 atom stereocenters. The third kappa shape index (κ3) is 5.72. The molecule has 1 aromatic carbocycles. The molecule has 4 nitrogen and oxygen atoms in total. The number of nitrogens with zero attached hydrogens (tertiary/aromatic N) is 1. The van der Waals surface area contributed by atoms with Crippen LogP contribution in [0.1, 0.15) is 27.2 Å². The SMILES string of the molecule is CCC(C)N(C)CCNC(C)C(=O)Nc1ccccc1. The van der Waals surface area contributed by atoms with Crippen LogP contribution in [0.25, 0.3) is 0 Å². The van der Waals surface area contributed by atoms with Crippen LogP contribution in [-0.2, 0) is 4.79 Å². The average molecular weight is 277 g/mol. The number of hydrogen-bond acceptors (Lipinski definition) is 3. The van der Waals surface area contributed by atoms with Gasteiger partial charge in [0, 0.05) is 24.8 Å². The summed E-state index contributed by atoms with van der Waals surface area (Å²) in [5, 5.41) is 6.16. The second-order valence-electron chi connectivity index (χ2n) is 5.27. The van der Waals surface area contributed by atoms with Crippen LogP contribution in [-0.4, -0.2) is 43.0 Å². The molecule has 0 saturated carbocycles. The molecule has 0 heterocycles. The van der Waals surface area contributed by atoms with Gasteiger partial charge in [-0.3, -0.25) is 4.79 Å². The van der Waals surface area contributed by atoms with Gasteiger partial charge < -0.3 is 15.5 Å². The second kappa shape index (κ2) is 8.72. The van der Waals surface area contributed by atoms with E-state index < -0.39 is 0 Å². The largest absolute Gasteiger partial charge is 0.325 e. The molecule has 4 heteroatoms. The third-order valence-corrected chi connectivity index (χ3v) is 3.69. The maximum absolute atomic E-state index is 12.0. The maximum Gasteiger partial charge on any atom is 0.241 e. The number of para-hydroxylation sites is 1. The van der Waals surface area contributed by atoms with Gasteiger partial charge in [0.2, 0.25) is 5.91 Å². The molecule has 1 aromatic rings. The van der Waals surface area contributed by atoms with Crippen LogP contribution in [0.2, 0.25) is 0 Å². The van der Waals surface area contributed by atoms with Gasteiger partial charge in [-0.25, -0.2) is 0 Å². The molecule has 0 bridgehead atoms. The molecular weight excluding hydrogens is 250 g/mol.